The Labute approximate surface area is 102 Å². The van der Waals surface area contributed by atoms with Crippen molar-refractivity contribution in [3.63, 3.8) is 0 Å². The molecule has 96 valence electrons. The molecule has 0 heterocycles. The van der Waals surface area contributed by atoms with E-state index in [0.717, 1.165) is 12.8 Å². The van der Waals surface area contributed by atoms with Crippen LogP contribution >= 0.6 is 0 Å². The first-order valence-electron chi connectivity index (χ1n) is 7.12. The number of hydrogen-bond acceptors (Lipinski definition) is 1. The van der Waals surface area contributed by atoms with Crippen LogP contribution in [0.1, 0.15) is 77.6 Å². The Kier molecular flexibility index (Phi) is 12.5. The van der Waals surface area contributed by atoms with E-state index in [1.807, 2.05) is 0 Å². The van der Waals surface area contributed by atoms with Gasteiger partial charge in [0.1, 0.15) is 0 Å². The molecule has 1 heteroatoms. The van der Waals surface area contributed by atoms with E-state index in [0.29, 0.717) is 0 Å². The van der Waals surface area contributed by atoms with E-state index >= 15 is 0 Å². The number of hydrogen-bond donors (Lipinski definition) is 1. The fourth-order valence-electron chi connectivity index (χ4n) is 1.96. The number of unbranched alkanes of at least 4 members (excludes halogenated alkanes) is 9. The Hall–Kier alpha value is -0.300. The maximum absolute atomic E-state index is 9.26. The summed E-state index contributed by atoms with van der Waals surface area (Å²) in [5, 5.41) is 9.26. The third kappa shape index (κ3) is 11.8. The summed E-state index contributed by atoms with van der Waals surface area (Å²) in [4.78, 5) is 0. The summed E-state index contributed by atoms with van der Waals surface area (Å²) in [6, 6.07) is 0. The van der Waals surface area contributed by atoms with Crippen molar-refractivity contribution in [1.82, 2.24) is 0 Å². The van der Waals surface area contributed by atoms with Gasteiger partial charge >= 0.3 is 0 Å². The largest absolute Gasteiger partial charge is 0.389 e. The van der Waals surface area contributed by atoms with Crippen molar-refractivity contribution in [2.24, 2.45) is 0 Å². The van der Waals surface area contributed by atoms with Crippen LogP contribution in [0, 0.1) is 0 Å². The Morgan fingerprint density at radius 2 is 1.31 bits per heavy atom. The fraction of sp³-hybridized carbons (Fsp3) is 0.867. The van der Waals surface area contributed by atoms with E-state index in [-0.39, 0.29) is 6.10 Å². The maximum Gasteiger partial charge on any atom is 0.0718 e. The third-order valence-electron chi connectivity index (χ3n) is 3.13. The summed E-state index contributed by atoms with van der Waals surface area (Å²) in [5.41, 5.74) is 0. The zero-order valence-electron chi connectivity index (χ0n) is 11.1. The summed E-state index contributed by atoms with van der Waals surface area (Å²) in [5.74, 6) is 0. The van der Waals surface area contributed by atoms with Crippen molar-refractivity contribution >= 4 is 0 Å². The molecule has 0 rings (SSSR count). The smallest absolute Gasteiger partial charge is 0.0718 e. The zero-order valence-corrected chi connectivity index (χ0v) is 11.1. The average Bonchev–Trinajstić information content (AvgIpc) is 2.31. The minimum atomic E-state index is -0.283. The lowest BCUT2D eigenvalue weighted by Gasteiger charge is -2.04. The molecular formula is C15H30O. The number of aliphatic hydroxyl groups excluding tert-OH is 1. The molecule has 0 aromatic heterocycles. The Bertz CT molecular complexity index is 142. The van der Waals surface area contributed by atoms with Crippen LogP contribution < -0.4 is 0 Å². The van der Waals surface area contributed by atoms with Crippen LogP contribution in [0.3, 0.4) is 0 Å². The van der Waals surface area contributed by atoms with E-state index in [4.69, 9.17) is 0 Å². The van der Waals surface area contributed by atoms with Crippen LogP contribution in [-0.2, 0) is 0 Å². The van der Waals surface area contributed by atoms with Gasteiger partial charge < -0.3 is 5.11 Å². The number of rotatable bonds is 12. The second kappa shape index (κ2) is 12.8. The van der Waals surface area contributed by atoms with Gasteiger partial charge in [0.15, 0.2) is 0 Å². The topological polar surface area (TPSA) is 20.2 Å². The first-order chi connectivity index (χ1) is 7.81. The van der Waals surface area contributed by atoms with Crippen LogP contribution in [0.5, 0.6) is 0 Å². The molecule has 16 heavy (non-hydrogen) atoms. The molecule has 0 radical (unpaired) electrons. The van der Waals surface area contributed by atoms with E-state index in [9.17, 15) is 5.11 Å². The molecule has 0 saturated heterocycles. The zero-order chi connectivity index (χ0) is 12.1. The van der Waals surface area contributed by atoms with Gasteiger partial charge in [0.05, 0.1) is 6.10 Å². The molecule has 0 aromatic carbocycles. The van der Waals surface area contributed by atoms with Crippen molar-refractivity contribution < 1.29 is 5.11 Å². The van der Waals surface area contributed by atoms with Gasteiger partial charge in [0.25, 0.3) is 0 Å². The average molecular weight is 226 g/mol. The second-order valence-electron chi connectivity index (χ2n) is 4.77. The maximum atomic E-state index is 9.26. The minimum absolute atomic E-state index is 0.283. The molecule has 0 aliphatic heterocycles. The van der Waals surface area contributed by atoms with Crippen molar-refractivity contribution in [2.75, 3.05) is 0 Å². The molecule has 1 N–H and O–H groups in total. The normalized spacial score (nSPS) is 12.6. The third-order valence-corrected chi connectivity index (χ3v) is 3.13. The molecule has 0 aliphatic carbocycles. The highest BCUT2D eigenvalue weighted by Gasteiger charge is 1.97. The van der Waals surface area contributed by atoms with Gasteiger partial charge in [-0.25, -0.2) is 0 Å². The van der Waals surface area contributed by atoms with E-state index < -0.39 is 0 Å². The highest BCUT2D eigenvalue weighted by Crippen LogP contribution is 2.11. The first kappa shape index (κ1) is 15.7. The molecule has 0 aromatic rings. The van der Waals surface area contributed by atoms with Gasteiger partial charge in [-0.3, -0.25) is 0 Å². The summed E-state index contributed by atoms with van der Waals surface area (Å²) in [7, 11) is 0. The quantitative estimate of drug-likeness (QED) is 0.373. The molecular weight excluding hydrogens is 196 g/mol. The predicted octanol–water partition coefficient (Wildman–Crippen LogP) is 4.84. The molecule has 0 bridgehead atoms. The summed E-state index contributed by atoms with van der Waals surface area (Å²) < 4.78 is 0. The van der Waals surface area contributed by atoms with Crippen molar-refractivity contribution in [2.45, 2.75) is 83.7 Å². The van der Waals surface area contributed by atoms with Gasteiger partial charge in [-0.05, 0) is 6.42 Å². The van der Waals surface area contributed by atoms with Gasteiger partial charge in [0, 0.05) is 0 Å². The fourth-order valence-corrected chi connectivity index (χ4v) is 1.96. The van der Waals surface area contributed by atoms with E-state index in [2.05, 4.69) is 13.5 Å². The SMILES string of the molecule is C=C[C@@H](O)CCCCCCCCCCCC. The number of aliphatic hydroxyl groups is 1. The standard InChI is InChI=1S/C15H30O/c1-3-5-6-7-8-9-10-11-12-13-14-15(16)4-2/h4,15-16H,2-3,5-14H2,1H3/t15-/m1/s1. The van der Waals surface area contributed by atoms with Crippen molar-refractivity contribution in [1.29, 1.82) is 0 Å². The van der Waals surface area contributed by atoms with E-state index in [1.54, 1.807) is 6.08 Å². The van der Waals surface area contributed by atoms with Crippen LogP contribution in [-0.4, -0.2) is 11.2 Å². The lowest BCUT2D eigenvalue weighted by atomic mass is 10.0. The molecule has 0 amide bonds. The lowest BCUT2D eigenvalue weighted by molar-refractivity contribution is 0.208. The lowest BCUT2D eigenvalue weighted by Crippen LogP contribution is -2.00. The van der Waals surface area contributed by atoms with Crippen LogP contribution in [0.25, 0.3) is 0 Å². The summed E-state index contributed by atoms with van der Waals surface area (Å²) in [6.07, 6.45) is 15.7. The molecule has 0 fully saturated rings. The second-order valence-corrected chi connectivity index (χ2v) is 4.77. The van der Waals surface area contributed by atoms with Crippen LogP contribution in [0.2, 0.25) is 0 Å². The monoisotopic (exact) mass is 226 g/mol. The summed E-state index contributed by atoms with van der Waals surface area (Å²) >= 11 is 0. The van der Waals surface area contributed by atoms with Gasteiger partial charge in [-0.15, -0.1) is 6.58 Å². The molecule has 1 nitrogen and oxygen atoms in total. The van der Waals surface area contributed by atoms with E-state index in [1.165, 1.54) is 57.8 Å². The molecule has 0 unspecified atom stereocenters. The van der Waals surface area contributed by atoms with Gasteiger partial charge in [-0.1, -0.05) is 77.2 Å². The van der Waals surface area contributed by atoms with Gasteiger partial charge in [-0.2, -0.15) is 0 Å². The predicted molar refractivity (Wildman–Crippen MR) is 72.7 cm³/mol. The highest BCUT2D eigenvalue weighted by molar-refractivity contribution is 4.77. The van der Waals surface area contributed by atoms with Crippen molar-refractivity contribution in [3.8, 4) is 0 Å². The minimum Gasteiger partial charge on any atom is -0.389 e. The molecule has 1 atom stereocenters. The summed E-state index contributed by atoms with van der Waals surface area (Å²) in [6.45, 7) is 5.84. The first-order valence-corrected chi connectivity index (χ1v) is 7.12. The van der Waals surface area contributed by atoms with Gasteiger partial charge in [0.2, 0.25) is 0 Å². The Morgan fingerprint density at radius 3 is 1.75 bits per heavy atom. The molecule has 0 saturated carbocycles. The van der Waals surface area contributed by atoms with Crippen LogP contribution in [0.4, 0.5) is 0 Å². The Morgan fingerprint density at radius 1 is 0.875 bits per heavy atom. The van der Waals surface area contributed by atoms with Crippen LogP contribution in [0.15, 0.2) is 12.7 Å². The molecule has 0 spiro atoms. The van der Waals surface area contributed by atoms with Crippen molar-refractivity contribution in [3.05, 3.63) is 12.7 Å². The molecule has 0 aliphatic rings. The highest BCUT2D eigenvalue weighted by atomic mass is 16.3. The Balaban J connectivity index is 2.96.